The highest BCUT2D eigenvalue weighted by Gasteiger charge is 2.20. The van der Waals surface area contributed by atoms with Crippen molar-refractivity contribution in [1.82, 2.24) is 10.3 Å². The van der Waals surface area contributed by atoms with E-state index < -0.39 is 5.97 Å². The summed E-state index contributed by atoms with van der Waals surface area (Å²) in [6, 6.07) is 5.65. The third-order valence-electron chi connectivity index (χ3n) is 4.01. The second-order valence-corrected chi connectivity index (χ2v) is 8.38. The fourth-order valence-corrected chi connectivity index (χ4v) is 3.51. The van der Waals surface area contributed by atoms with Crippen LogP contribution in [0.3, 0.4) is 0 Å². The Morgan fingerprint density at radius 1 is 1.29 bits per heavy atom. The van der Waals surface area contributed by atoms with Crippen molar-refractivity contribution in [3.8, 4) is 11.5 Å². The van der Waals surface area contributed by atoms with Gasteiger partial charge in [-0.05, 0) is 30.5 Å². The summed E-state index contributed by atoms with van der Waals surface area (Å²) in [6.45, 7) is 8.49. The number of rotatable bonds is 8. The van der Waals surface area contributed by atoms with Crippen LogP contribution in [0.4, 0.5) is 0 Å². The van der Waals surface area contributed by atoms with Gasteiger partial charge in [0.25, 0.3) is 0 Å². The molecule has 1 amide bonds. The number of nitrogens with one attached hydrogen (secondary N) is 1. The average Bonchev–Trinajstić information content (AvgIpc) is 2.98. The summed E-state index contributed by atoms with van der Waals surface area (Å²) in [5.74, 6) is -0.00540. The number of carboxylic acid groups (broad SMARTS) is 1. The first-order valence-corrected chi connectivity index (χ1v) is 9.69. The van der Waals surface area contributed by atoms with Gasteiger partial charge in [0, 0.05) is 5.56 Å². The Labute approximate surface area is 168 Å². The van der Waals surface area contributed by atoms with Crippen LogP contribution in [-0.4, -0.2) is 37.1 Å². The van der Waals surface area contributed by atoms with Gasteiger partial charge < -0.3 is 24.7 Å². The van der Waals surface area contributed by atoms with E-state index in [9.17, 15) is 14.7 Å². The van der Waals surface area contributed by atoms with Gasteiger partial charge in [0.15, 0.2) is 0 Å². The number of hydrogen-bond donors (Lipinski definition) is 1. The maximum Gasteiger partial charge on any atom is 0.226 e. The lowest BCUT2D eigenvalue weighted by Crippen LogP contribution is -2.29. The summed E-state index contributed by atoms with van der Waals surface area (Å²) in [5, 5.41) is 14.1. The first-order valence-electron chi connectivity index (χ1n) is 8.87. The highest BCUT2D eigenvalue weighted by molar-refractivity contribution is 7.13. The fourth-order valence-electron chi connectivity index (χ4n) is 2.62. The maximum absolute atomic E-state index is 12.0. The van der Waals surface area contributed by atoms with Gasteiger partial charge in [-0.1, -0.05) is 20.8 Å². The molecular weight excluding hydrogens is 380 g/mol. The minimum atomic E-state index is -1.27. The zero-order chi connectivity index (χ0) is 20.9. The molecule has 0 saturated heterocycles. The Morgan fingerprint density at radius 3 is 2.57 bits per heavy atom. The van der Waals surface area contributed by atoms with E-state index in [0.717, 1.165) is 28.4 Å². The fraction of sp³-hybridized carbons (Fsp3) is 0.450. The number of amides is 1. The highest BCUT2D eigenvalue weighted by Crippen LogP contribution is 2.34. The van der Waals surface area contributed by atoms with Crippen LogP contribution in [-0.2, 0) is 16.6 Å². The van der Waals surface area contributed by atoms with Gasteiger partial charge in [0.1, 0.15) is 23.1 Å². The molecule has 28 heavy (non-hydrogen) atoms. The second kappa shape index (κ2) is 9.05. The van der Waals surface area contributed by atoms with Crippen molar-refractivity contribution < 1.29 is 24.2 Å². The van der Waals surface area contributed by atoms with Crippen LogP contribution in [0.25, 0.3) is 0 Å². The van der Waals surface area contributed by atoms with Crippen LogP contribution in [0.5, 0.6) is 11.5 Å². The quantitative estimate of drug-likeness (QED) is 0.673. The Kier molecular flexibility index (Phi) is 7.01. The molecule has 0 aliphatic heterocycles. The normalized spacial score (nSPS) is 11.2. The summed E-state index contributed by atoms with van der Waals surface area (Å²) < 4.78 is 11.1. The SMILES string of the molecule is COc1ccc(OCCNC(=O)Cc2nc(C)c(C(=O)[O-])s2)c(C(C)(C)C)c1. The highest BCUT2D eigenvalue weighted by atomic mass is 32.1. The molecular formula is C20H25N2O5S-. The van der Waals surface area contributed by atoms with Gasteiger partial charge in [-0.25, -0.2) is 4.98 Å². The minimum Gasteiger partial charge on any atom is -0.544 e. The molecule has 0 aliphatic rings. The molecule has 2 rings (SSSR count). The zero-order valence-electron chi connectivity index (χ0n) is 16.8. The molecule has 0 aliphatic carbocycles. The number of hydrogen-bond acceptors (Lipinski definition) is 7. The van der Waals surface area contributed by atoms with Gasteiger partial charge in [0.05, 0.1) is 36.6 Å². The van der Waals surface area contributed by atoms with Crippen molar-refractivity contribution in [2.75, 3.05) is 20.3 Å². The largest absolute Gasteiger partial charge is 0.544 e. The van der Waals surface area contributed by atoms with Crippen molar-refractivity contribution >= 4 is 23.2 Å². The summed E-state index contributed by atoms with van der Waals surface area (Å²) in [7, 11) is 1.62. The van der Waals surface area contributed by atoms with E-state index in [1.807, 2.05) is 18.2 Å². The van der Waals surface area contributed by atoms with Crippen molar-refractivity contribution in [2.45, 2.75) is 39.5 Å². The second-order valence-electron chi connectivity index (χ2n) is 7.30. The van der Waals surface area contributed by atoms with Crippen LogP contribution in [0.15, 0.2) is 18.2 Å². The number of nitrogens with zero attached hydrogens (tertiary/aromatic N) is 1. The Morgan fingerprint density at radius 2 is 2.00 bits per heavy atom. The number of carbonyl (C=O) groups excluding carboxylic acids is 2. The number of ether oxygens (including phenoxy) is 2. The van der Waals surface area contributed by atoms with E-state index in [1.54, 1.807) is 14.0 Å². The summed E-state index contributed by atoms with van der Waals surface area (Å²) in [6.07, 6.45) is 0.0224. The van der Waals surface area contributed by atoms with Gasteiger partial charge in [-0.3, -0.25) is 4.79 Å². The summed E-state index contributed by atoms with van der Waals surface area (Å²) >= 11 is 0.963. The molecule has 1 aromatic heterocycles. The van der Waals surface area contributed by atoms with E-state index in [1.165, 1.54) is 0 Å². The summed E-state index contributed by atoms with van der Waals surface area (Å²) in [5.41, 5.74) is 1.27. The lowest BCUT2D eigenvalue weighted by molar-refractivity contribution is -0.254. The standard InChI is InChI=1S/C20H26N2O5S/c1-12-18(19(24)25)28-17(22-12)11-16(23)21-8-9-27-15-7-6-13(26-5)10-14(15)20(2,3)4/h6-7,10H,8-9,11H2,1-5H3,(H,21,23)(H,24,25)/p-1. The van der Waals surface area contributed by atoms with Crippen LogP contribution >= 0.6 is 11.3 Å². The smallest absolute Gasteiger partial charge is 0.226 e. The first-order chi connectivity index (χ1) is 13.1. The molecule has 8 heteroatoms. The molecule has 152 valence electrons. The van der Waals surface area contributed by atoms with E-state index in [-0.39, 0.29) is 22.6 Å². The monoisotopic (exact) mass is 405 g/mol. The van der Waals surface area contributed by atoms with E-state index in [0.29, 0.717) is 23.9 Å². The molecule has 1 heterocycles. The van der Waals surface area contributed by atoms with Gasteiger partial charge >= 0.3 is 0 Å². The molecule has 0 unspecified atom stereocenters. The third-order valence-corrected chi connectivity index (χ3v) is 5.15. The minimum absolute atomic E-state index is 0.0224. The molecule has 1 aromatic carbocycles. The molecule has 0 bridgehead atoms. The number of methoxy groups -OCH3 is 1. The Balaban J connectivity index is 1.88. The van der Waals surface area contributed by atoms with E-state index >= 15 is 0 Å². The number of carboxylic acids is 1. The van der Waals surface area contributed by atoms with Crippen LogP contribution < -0.4 is 19.9 Å². The predicted octanol–water partition coefficient (Wildman–Crippen LogP) is 1.86. The molecule has 0 fully saturated rings. The van der Waals surface area contributed by atoms with Crippen molar-refractivity contribution in [3.05, 3.63) is 39.3 Å². The molecule has 7 nitrogen and oxygen atoms in total. The van der Waals surface area contributed by atoms with Crippen molar-refractivity contribution in [1.29, 1.82) is 0 Å². The Bertz CT molecular complexity index is 855. The maximum atomic E-state index is 12.0. The number of aromatic nitrogens is 1. The lowest BCUT2D eigenvalue weighted by atomic mass is 9.86. The number of thiazole rings is 1. The van der Waals surface area contributed by atoms with Crippen LogP contribution in [0, 0.1) is 6.92 Å². The van der Waals surface area contributed by atoms with Gasteiger partial charge in [-0.15, -0.1) is 11.3 Å². The van der Waals surface area contributed by atoms with Crippen LogP contribution in [0.2, 0.25) is 0 Å². The number of aryl methyl sites for hydroxylation is 1. The number of carbonyl (C=O) groups is 2. The first kappa shape index (κ1) is 21.7. The topological polar surface area (TPSA) is 101 Å². The number of benzene rings is 1. The van der Waals surface area contributed by atoms with E-state index in [2.05, 4.69) is 31.1 Å². The summed E-state index contributed by atoms with van der Waals surface area (Å²) in [4.78, 5) is 27.1. The Hall–Kier alpha value is -2.61. The molecule has 0 spiro atoms. The molecule has 0 saturated carbocycles. The van der Waals surface area contributed by atoms with E-state index in [4.69, 9.17) is 9.47 Å². The zero-order valence-corrected chi connectivity index (χ0v) is 17.6. The van der Waals surface area contributed by atoms with Crippen LogP contribution in [0.1, 0.15) is 46.7 Å². The van der Waals surface area contributed by atoms with Gasteiger partial charge in [-0.2, -0.15) is 0 Å². The van der Waals surface area contributed by atoms with Gasteiger partial charge in [0.2, 0.25) is 5.91 Å². The molecule has 0 atom stereocenters. The predicted molar refractivity (Wildman–Crippen MR) is 105 cm³/mol. The average molecular weight is 405 g/mol. The molecule has 0 radical (unpaired) electrons. The third kappa shape index (κ3) is 5.69. The number of aromatic carboxylic acids is 1. The molecule has 2 aromatic rings. The molecule has 1 N–H and O–H groups in total. The lowest BCUT2D eigenvalue weighted by Gasteiger charge is -2.23. The van der Waals surface area contributed by atoms with Crippen molar-refractivity contribution in [2.24, 2.45) is 0 Å². The van der Waals surface area contributed by atoms with Crippen molar-refractivity contribution in [3.63, 3.8) is 0 Å².